The molecule has 2 aromatic heterocycles. The van der Waals surface area contributed by atoms with Crippen LogP contribution in [0.1, 0.15) is 18.5 Å². The number of nitrogens with zero attached hydrogens (tertiary/aromatic N) is 4. The number of methoxy groups -OCH3 is 1. The van der Waals surface area contributed by atoms with E-state index < -0.39 is 5.82 Å². The molecule has 0 aliphatic rings. The van der Waals surface area contributed by atoms with Gasteiger partial charge in [-0.25, -0.2) is 19.3 Å². The van der Waals surface area contributed by atoms with Gasteiger partial charge in [-0.05, 0) is 44.1 Å². The number of anilines is 2. The Kier molecular flexibility index (Phi) is 9.19. The summed E-state index contributed by atoms with van der Waals surface area (Å²) >= 11 is 5.38. The second kappa shape index (κ2) is 12.5. The molecule has 3 rings (SSSR count). The average Bonchev–Trinajstić information content (AvgIpc) is 3.23. The molecule has 0 fully saturated rings. The van der Waals surface area contributed by atoms with Gasteiger partial charge in [0, 0.05) is 43.3 Å². The van der Waals surface area contributed by atoms with Crippen LogP contribution in [0.5, 0.6) is 11.5 Å². The van der Waals surface area contributed by atoms with Crippen molar-refractivity contribution in [2.24, 2.45) is 0 Å². The van der Waals surface area contributed by atoms with Crippen molar-refractivity contribution in [1.29, 1.82) is 0 Å². The monoisotopic (exact) mass is 473 g/mol. The molecule has 176 valence electrons. The first kappa shape index (κ1) is 24.2. The summed E-state index contributed by atoms with van der Waals surface area (Å²) in [7, 11) is 1.59. The number of hydrogen-bond acceptors (Lipinski definition) is 7. The molecular formula is C22H28FN7O2S. The van der Waals surface area contributed by atoms with E-state index in [2.05, 4.69) is 35.5 Å². The van der Waals surface area contributed by atoms with Crippen LogP contribution in [-0.2, 0) is 6.54 Å². The summed E-state index contributed by atoms with van der Waals surface area (Å²) in [6, 6.07) is 5.55. The molecule has 1 aromatic carbocycles. The van der Waals surface area contributed by atoms with Crippen molar-refractivity contribution in [3.63, 3.8) is 0 Å². The summed E-state index contributed by atoms with van der Waals surface area (Å²) in [5.74, 6) is 1.15. The topological polar surface area (TPSA) is 98.2 Å². The van der Waals surface area contributed by atoms with E-state index in [1.165, 1.54) is 0 Å². The van der Waals surface area contributed by atoms with Crippen LogP contribution in [0.3, 0.4) is 0 Å². The summed E-state index contributed by atoms with van der Waals surface area (Å²) in [6.07, 6.45) is 7.55. The molecule has 0 bridgehead atoms. The highest BCUT2D eigenvalue weighted by molar-refractivity contribution is 7.80. The first-order chi connectivity index (χ1) is 16.0. The number of thiocarbonyl (C=S) groups is 1. The van der Waals surface area contributed by atoms with Gasteiger partial charge in [-0.2, -0.15) is 0 Å². The lowest BCUT2D eigenvalue weighted by Crippen LogP contribution is -2.29. The van der Waals surface area contributed by atoms with Crippen molar-refractivity contribution >= 4 is 29.0 Å². The zero-order chi connectivity index (χ0) is 23.5. The Morgan fingerprint density at radius 2 is 1.94 bits per heavy atom. The average molecular weight is 474 g/mol. The van der Waals surface area contributed by atoms with Crippen LogP contribution in [0.15, 0.2) is 43.1 Å². The highest BCUT2D eigenvalue weighted by Crippen LogP contribution is 2.30. The fourth-order valence-corrected chi connectivity index (χ4v) is 3.19. The molecular weight excluding hydrogens is 445 g/mol. The van der Waals surface area contributed by atoms with Gasteiger partial charge in [0.05, 0.1) is 32.4 Å². The second-order valence-electron chi connectivity index (χ2n) is 7.18. The molecule has 33 heavy (non-hydrogen) atoms. The maximum atomic E-state index is 12.8. The van der Waals surface area contributed by atoms with E-state index in [0.29, 0.717) is 42.1 Å². The summed E-state index contributed by atoms with van der Waals surface area (Å²) in [6.45, 7) is 4.72. The van der Waals surface area contributed by atoms with Crippen LogP contribution < -0.4 is 25.4 Å². The number of ether oxygens (including phenoxy) is 2. The molecule has 0 aliphatic carbocycles. The Balaban J connectivity index is 1.37. The second-order valence-corrected chi connectivity index (χ2v) is 7.59. The number of halogens is 1. The third-order valence-corrected chi connectivity index (χ3v) is 4.93. The van der Waals surface area contributed by atoms with Crippen LogP contribution in [0.25, 0.3) is 0 Å². The third kappa shape index (κ3) is 7.86. The van der Waals surface area contributed by atoms with Gasteiger partial charge in [0.1, 0.15) is 0 Å². The predicted octanol–water partition coefficient (Wildman–Crippen LogP) is 3.39. The summed E-state index contributed by atoms with van der Waals surface area (Å²) in [4.78, 5) is 11.8. The maximum absolute atomic E-state index is 12.8. The van der Waals surface area contributed by atoms with Crippen molar-refractivity contribution in [2.45, 2.75) is 26.3 Å². The number of rotatable bonds is 12. The molecule has 0 saturated heterocycles. The number of aryl methyl sites for hydroxylation is 2. The van der Waals surface area contributed by atoms with Crippen LogP contribution in [0.4, 0.5) is 16.0 Å². The van der Waals surface area contributed by atoms with Crippen LogP contribution in [0.2, 0.25) is 0 Å². The highest BCUT2D eigenvalue weighted by Gasteiger charge is 2.07. The van der Waals surface area contributed by atoms with Crippen LogP contribution >= 0.6 is 12.2 Å². The van der Waals surface area contributed by atoms with E-state index in [-0.39, 0.29) is 0 Å². The van der Waals surface area contributed by atoms with Gasteiger partial charge in [0.15, 0.2) is 22.4 Å². The van der Waals surface area contributed by atoms with Gasteiger partial charge >= 0.3 is 0 Å². The van der Waals surface area contributed by atoms with Crippen molar-refractivity contribution in [1.82, 2.24) is 24.8 Å². The van der Waals surface area contributed by atoms with Crippen molar-refractivity contribution < 1.29 is 13.9 Å². The van der Waals surface area contributed by atoms with Gasteiger partial charge in [-0.3, -0.25) is 0 Å². The Morgan fingerprint density at radius 3 is 2.67 bits per heavy atom. The molecule has 0 atom stereocenters. The molecule has 0 aliphatic heterocycles. The normalized spacial score (nSPS) is 10.5. The van der Waals surface area contributed by atoms with Crippen molar-refractivity contribution in [2.75, 3.05) is 37.4 Å². The molecule has 0 radical (unpaired) electrons. The van der Waals surface area contributed by atoms with Gasteiger partial charge in [0.2, 0.25) is 5.95 Å². The minimum Gasteiger partial charge on any atom is -0.493 e. The zero-order valence-electron chi connectivity index (χ0n) is 18.7. The number of aromatic nitrogens is 4. The SMILES string of the molecule is COc1cc(NC(=S)NCCCn2cncc2C)ccc1OCCCNc1ncc(F)cn1. The maximum Gasteiger partial charge on any atom is 0.222 e. The Bertz CT molecular complexity index is 1030. The van der Waals surface area contributed by atoms with E-state index >= 15 is 0 Å². The number of hydrogen-bond donors (Lipinski definition) is 3. The predicted molar refractivity (Wildman–Crippen MR) is 129 cm³/mol. The van der Waals surface area contributed by atoms with E-state index in [1.54, 1.807) is 7.11 Å². The summed E-state index contributed by atoms with van der Waals surface area (Å²) in [5, 5.41) is 9.93. The van der Waals surface area contributed by atoms with Gasteiger partial charge in [-0.1, -0.05) is 0 Å². The lowest BCUT2D eigenvalue weighted by Gasteiger charge is -2.14. The fraction of sp³-hybridized carbons (Fsp3) is 0.364. The third-order valence-electron chi connectivity index (χ3n) is 4.69. The molecule has 0 spiro atoms. The molecule has 0 unspecified atom stereocenters. The van der Waals surface area contributed by atoms with Gasteiger partial charge in [0.25, 0.3) is 0 Å². The molecule has 3 aromatic rings. The van der Waals surface area contributed by atoms with Crippen LogP contribution in [-0.4, -0.2) is 51.4 Å². The summed E-state index contributed by atoms with van der Waals surface area (Å²) < 4.78 is 26.2. The molecule has 3 N–H and O–H groups in total. The Hall–Kier alpha value is -3.47. The highest BCUT2D eigenvalue weighted by atomic mass is 32.1. The smallest absolute Gasteiger partial charge is 0.222 e. The van der Waals surface area contributed by atoms with E-state index in [0.717, 1.165) is 43.3 Å². The van der Waals surface area contributed by atoms with Crippen molar-refractivity contribution in [3.05, 3.63) is 54.6 Å². The van der Waals surface area contributed by atoms with E-state index in [4.69, 9.17) is 21.7 Å². The van der Waals surface area contributed by atoms with E-state index in [1.807, 2.05) is 37.6 Å². The molecule has 9 nitrogen and oxygen atoms in total. The molecule has 11 heteroatoms. The Morgan fingerprint density at radius 1 is 1.12 bits per heavy atom. The zero-order valence-corrected chi connectivity index (χ0v) is 19.5. The van der Waals surface area contributed by atoms with Crippen molar-refractivity contribution in [3.8, 4) is 11.5 Å². The Labute approximate surface area is 197 Å². The van der Waals surface area contributed by atoms with Gasteiger partial charge in [-0.15, -0.1) is 0 Å². The lowest BCUT2D eigenvalue weighted by molar-refractivity contribution is 0.292. The molecule has 0 amide bonds. The first-order valence-electron chi connectivity index (χ1n) is 10.6. The number of nitrogens with one attached hydrogen (secondary N) is 3. The largest absolute Gasteiger partial charge is 0.493 e. The fourth-order valence-electron chi connectivity index (χ4n) is 2.97. The van der Waals surface area contributed by atoms with Gasteiger partial charge < -0.3 is 30.0 Å². The molecule has 2 heterocycles. The van der Waals surface area contributed by atoms with Crippen LogP contribution in [0, 0.1) is 12.7 Å². The first-order valence-corrected chi connectivity index (χ1v) is 11.0. The minimum atomic E-state index is -0.467. The lowest BCUT2D eigenvalue weighted by atomic mass is 10.2. The number of benzene rings is 1. The quantitative estimate of drug-likeness (QED) is 0.270. The standard InChI is InChI=1S/C22H28FN7O2S/c1-16-12-24-15-30(16)9-3-7-26-22(33)29-18-5-6-19(20(11-18)31-2)32-10-4-8-25-21-27-13-17(23)14-28-21/h5-6,11-15H,3-4,7-10H2,1-2H3,(H,25,27,28)(H2,26,29,33). The minimum absolute atomic E-state index is 0.380. The molecule has 0 saturated carbocycles. The summed E-state index contributed by atoms with van der Waals surface area (Å²) in [5.41, 5.74) is 1.94. The number of imidazole rings is 1. The van der Waals surface area contributed by atoms with E-state index in [9.17, 15) is 4.39 Å².